The second-order valence-corrected chi connectivity index (χ2v) is 5.09. The van der Waals surface area contributed by atoms with E-state index >= 15 is 0 Å². The largest absolute Gasteiger partial charge is 0.355 e. The van der Waals surface area contributed by atoms with E-state index in [-0.39, 0.29) is 0 Å². The monoisotopic (exact) mass is 235 g/mol. The predicted octanol–water partition coefficient (Wildman–Crippen LogP) is 2.99. The van der Waals surface area contributed by atoms with E-state index < -0.39 is 0 Å². The maximum atomic E-state index is 4.34. The van der Waals surface area contributed by atoms with Gasteiger partial charge in [0, 0.05) is 25.8 Å². The van der Waals surface area contributed by atoms with Crippen LogP contribution in [0, 0.1) is 11.3 Å². The molecular weight excluding hydrogens is 210 g/mol. The van der Waals surface area contributed by atoms with Gasteiger partial charge < -0.3 is 4.90 Å². The zero-order valence-corrected chi connectivity index (χ0v) is 11.6. The zero-order chi connectivity index (χ0) is 12.9. The van der Waals surface area contributed by atoms with Gasteiger partial charge in [0.05, 0.1) is 6.21 Å². The molecule has 0 amide bonds. The fourth-order valence-electron chi connectivity index (χ4n) is 2.31. The van der Waals surface area contributed by atoms with Gasteiger partial charge in [-0.25, -0.2) is 4.99 Å². The van der Waals surface area contributed by atoms with Crippen molar-refractivity contribution in [3.05, 3.63) is 12.8 Å². The minimum absolute atomic E-state index is 0.391. The number of rotatable bonds is 4. The Balaban J connectivity index is 2.82. The molecule has 2 atom stereocenters. The van der Waals surface area contributed by atoms with E-state index in [0.29, 0.717) is 11.3 Å². The summed E-state index contributed by atoms with van der Waals surface area (Å²) in [6.45, 7) is 15.6. The Morgan fingerprint density at radius 2 is 2.24 bits per heavy atom. The lowest BCUT2D eigenvalue weighted by atomic mass is 9.79. The lowest BCUT2D eigenvalue weighted by molar-refractivity contribution is 0.258. The molecule has 0 aromatic rings. The molecule has 1 rings (SSSR count). The van der Waals surface area contributed by atoms with Crippen molar-refractivity contribution in [2.75, 3.05) is 19.6 Å². The van der Waals surface area contributed by atoms with Gasteiger partial charge in [-0.15, -0.1) is 0 Å². The summed E-state index contributed by atoms with van der Waals surface area (Å²) < 4.78 is 0. The summed E-state index contributed by atoms with van der Waals surface area (Å²) >= 11 is 0. The summed E-state index contributed by atoms with van der Waals surface area (Å²) in [5, 5.41) is 0. The summed E-state index contributed by atoms with van der Waals surface area (Å²) in [5.41, 5.74) is 0.391. The van der Waals surface area contributed by atoms with E-state index in [0.717, 1.165) is 25.5 Å². The Morgan fingerprint density at radius 1 is 1.53 bits per heavy atom. The third-order valence-electron chi connectivity index (χ3n) is 3.98. The Morgan fingerprint density at radius 3 is 2.71 bits per heavy atom. The van der Waals surface area contributed by atoms with Crippen LogP contribution in [-0.4, -0.2) is 36.6 Å². The van der Waals surface area contributed by atoms with E-state index in [2.05, 4.69) is 42.2 Å². The van der Waals surface area contributed by atoms with Crippen molar-refractivity contribution >= 4 is 12.1 Å². The van der Waals surface area contributed by atoms with Gasteiger partial charge in [-0.3, -0.25) is 4.99 Å². The Labute approximate surface area is 105 Å². The fraction of sp³-hybridized carbons (Fsp3) is 0.714. The van der Waals surface area contributed by atoms with E-state index in [1.165, 1.54) is 6.42 Å². The molecule has 1 fully saturated rings. The third-order valence-corrected chi connectivity index (χ3v) is 3.98. The molecule has 1 heterocycles. The van der Waals surface area contributed by atoms with Crippen molar-refractivity contribution in [3.63, 3.8) is 0 Å². The van der Waals surface area contributed by atoms with Crippen LogP contribution in [0.4, 0.5) is 0 Å². The number of aliphatic imine (C=N–C) groups is 2. The Hall–Kier alpha value is -1.12. The first kappa shape index (κ1) is 13.9. The second kappa shape index (κ2) is 5.99. The molecular formula is C14H25N3. The molecule has 0 N–H and O–H groups in total. The van der Waals surface area contributed by atoms with Crippen LogP contribution in [-0.2, 0) is 0 Å². The molecule has 1 saturated heterocycles. The maximum Gasteiger partial charge on any atom is 0.146 e. The number of amidine groups is 1. The summed E-state index contributed by atoms with van der Waals surface area (Å²) in [5.74, 6) is 1.64. The SMILES string of the molecule is C=CN=C(C=NCC)N1CC(C)C(C)(CC)C1. The van der Waals surface area contributed by atoms with Crippen LogP contribution in [0.5, 0.6) is 0 Å². The van der Waals surface area contributed by atoms with Gasteiger partial charge in [0.2, 0.25) is 0 Å². The van der Waals surface area contributed by atoms with Crippen molar-refractivity contribution < 1.29 is 0 Å². The predicted molar refractivity (Wildman–Crippen MR) is 75.8 cm³/mol. The molecule has 0 bridgehead atoms. The molecule has 3 nitrogen and oxygen atoms in total. The molecule has 0 aliphatic carbocycles. The van der Waals surface area contributed by atoms with Crippen LogP contribution < -0.4 is 0 Å². The van der Waals surface area contributed by atoms with E-state index in [1.807, 2.05) is 13.1 Å². The second-order valence-electron chi connectivity index (χ2n) is 5.09. The molecule has 1 aliphatic heterocycles. The van der Waals surface area contributed by atoms with Crippen molar-refractivity contribution in [1.82, 2.24) is 4.90 Å². The molecule has 2 unspecified atom stereocenters. The first-order chi connectivity index (χ1) is 8.07. The van der Waals surface area contributed by atoms with Crippen LogP contribution in [0.15, 0.2) is 22.8 Å². The van der Waals surface area contributed by atoms with Crippen LogP contribution >= 0.6 is 0 Å². The number of nitrogens with zero attached hydrogens (tertiary/aromatic N) is 3. The maximum absolute atomic E-state index is 4.34. The minimum atomic E-state index is 0.391. The molecule has 3 heteroatoms. The molecule has 0 aromatic heterocycles. The number of likely N-dealkylation sites (tertiary alicyclic amines) is 1. The molecule has 0 radical (unpaired) electrons. The highest BCUT2D eigenvalue weighted by Gasteiger charge is 2.39. The molecule has 0 saturated carbocycles. The molecule has 17 heavy (non-hydrogen) atoms. The van der Waals surface area contributed by atoms with Crippen LogP contribution in [0.1, 0.15) is 34.1 Å². The summed E-state index contributed by atoms with van der Waals surface area (Å²) in [6, 6.07) is 0. The lowest BCUT2D eigenvalue weighted by Gasteiger charge is -2.26. The zero-order valence-electron chi connectivity index (χ0n) is 11.6. The highest BCUT2D eigenvalue weighted by Crippen LogP contribution is 2.38. The Kier molecular flexibility index (Phi) is 4.91. The first-order valence-corrected chi connectivity index (χ1v) is 6.50. The van der Waals surface area contributed by atoms with Gasteiger partial charge in [-0.05, 0) is 24.7 Å². The lowest BCUT2D eigenvalue weighted by Crippen LogP contribution is -2.31. The van der Waals surface area contributed by atoms with Gasteiger partial charge in [-0.2, -0.15) is 0 Å². The van der Waals surface area contributed by atoms with Gasteiger partial charge in [-0.1, -0.05) is 27.4 Å². The standard InChI is InChI=1S/C14H25N3/c1-6-14(5)11-17(10-12(14)4)13(16-8-3)9-15-7-2/h8-9,12H,3,6-7,10-11H2,1-2,4-5H3. The first-order valence-electron chi connectivity index (χ1n) is 6.50. The van der Waals surface area contributed by atoms with Crippen molar-refractivity contribution in [2.45, 2.75) is 34.1 Å². The quantitative estimate of drug-likeness (QED) is 0.544. The van der Waals surface area contributed by atoms with Crippen LogP contribution in [0.3, 0.4) is 0 Å². The fourth-order valence-corrected chi connectivity index (χ4v) is 2.31. The average molecular weight is 235 g/mol. The van der Waals surface area contributed by atoms with Crippen molar-refractivity contribution in [1.29, 1.82) is 0 Å². The van der Waals surface area contributed by atoms with Crippen molar-refractivity contribution in [3.8, 4) is 0 Å². The minimum Gasteiger partial charge on any atom is -0.355 e. The smallest absolute Gasteiger partial charge is 0.146 e. The molecule has 0 aromatic carbocycles. The van der Waals surface area contributed by atoms with Gasteiger partial charge in [0.15, 0.2) is 0 Å². The van der Waals surface area contributed by atoms with Gasteiger partial charge in [0.1, 0.15) is 5.84 Å². The summed E-state index contributed by atoms with van der Waals surface area (Å²) in [4.78, 5) is 11.0. The number of hydrogen-bond acceptors (Lipinski definition) is 2. The Bertz CT molecular complexity index is 319. The topological polar surface area (TPSA) is 28.0 Å². The van der Waals surface area contributed by atoms with Crippen LogP contribution in [0.2, 0.25) is 0 Å². The summed E-state index contributed by atoms with van der Waals surface area (Å²) in [6.07, 6.45) is 4.68. The molecule has 1 aliphatic rings. The van der Waals surface area contributed by atoms with E-state index in [9.17, 15) is 0 Å². The highest BCUT2D eigenvalue weighted by atomic mass is 15.2. The van der Waals surface area contributed by atoms with E-state index in [4.69, 9.17) is 0 Å². The normalized spacial score (nSPS) is 30.2. The average Bonchev–Trinajstić information content (AvgIpc) is 2.62. The van der Waals surface area contributed by atoms with Gasteiger partial charge >= 0.3 is 0 Å². The molecule has 96 valence electrons. The van der Waals surface area contributed by atoms with Crippen LogP contribution in [0.25, 0.3) is 0 Å². The summed E-state index contributed by atoms with van der Waals surface area (Å²) in [7, 11) is 0. The highest BCUT2D eigenvalue weighted by molar-refractivity contribution is 6.29. The molecule has 0 spiro atoms. The van der Waals surface area contributed by atoms with Gasteiger partial charge in [0.25, 0.3) is 0 Å². The third kappa shape index (κ3) is 3.18. The van der Waals surface area contributed by atoms with E-state index in [1.54, 1.807) is 6.20 Å². The van der Waals surface area contributed by atoms with Crippen molar-refractivity contribution in [2.24, 2.45) is 21.3 Å². The number of hydrogen-bond donors (Lipinski definition) is 0.